The third-order valence-electron chi connectivity index (χ3n) is 6.79. The van der Waals surface area contributed by atoms with Crippen LogP contribution >= 0.6 is 0 Å². The van der Waals surface area contributed by atoms with Gasteiger partial charge in [0.1, 0.15) is 17.8 Å². The van der Waals surface area contributed by atoms with E-state index in [1.54, 1.807) is 13.4 Å². The maximum atomic E-state index is 11.8. The van der Waals surface area contributed by atoms with Crippen LogP contribution in [0.15, 0.2) is 73.6 Å². The van der Waals surface area contributed by atoms with E-state index >= 15 is 0 Å². The first-order chi connectivity index (χ1) is 19.0. The number of pyridine rings is 1. The largest absolute Gasteiger partial charge is 0.492 e. The van der Waals surface area contributed by atoms with Gasteiger partial charge >= 0.3 is 0 Å². The van der Waals surface area contributed by atoms with Crippen LogP contribution in [0.25, 0.3) is 33.4 Å². The minimum atomic E-state index is -0.259. The van der Waals surface area contributed by atoms with Gasteiger partial charge in [0.05, 0.1) is 18.2 Å². The van der Waals surface area contributed by atoms with Crippen molar-refractivity contribution in [3.05, 3.63) is 84.8 Å². The first kappa shape index (κ1) is 24.2. The zero-order valence-electron chi connectivity index (χ0n) is 21.8. The molecule has 6 rings (SSSR count). The van der Waals surface area contributed by atoms with Crippen LogP contribution in [0.5, 0.6) is 17.4 Å². The van der Waals surface area contributed by atoms with Crippen molar-refractivity contribution in [1.29, 1.82) is 0 Å². The number of amides is 1. The summed E-state index contributed by atoms with van der Waals surface area (Å²) in [6.45, 7) is 5.92. The number of nitrogens with one attached hydrogen (secondary N) is 2. The predicted molar refractivity (Wildman–Crippen MR) is 151 cm³/mol. The second-order valence-electron chi connectivity index (χ2n) is 9.17. The SMILES string of the molecule is C=CC(=O)Nc1ccc(-c2c3c4c(ncnc4n2C)NCc2c-3ccc(Oc3cccc(C)n3)c2OC)cc1. The summed E-state index contributed by atoms with van der Waals surface area (Å²) < 4.78 is 14.2. The Morgan fingerprint density at radius 3 is 2.69 bits per heavy atom. The first-order valence-corrected chi connectivity index (χ1v) is 12.4. The number of hydrogen-bond donors (Lipinski definition) is 2. The van der Waals surface area contributed by atoms with Crippen molar-refractivity contribution in [2.75, 3.05) is 17.7 Å². The lowest BCUT2D eigenvalue weighted by Crippen LogP contribution is -2.07. The maximum Gasteiger partial charge on any atom is 0.247 e. The van der Waals surface area contributed by atoms with E-state index in [1.807, 2.05) is 68.6 Å². The summed E-state index contributed by atoms with van der Waals surface area (Å²) in [6.07, 6.45) is 2.81. The zero-order chi connectivity index (χ0) is 27.1. The van der Waals surface area contributed by atoms with E-state index in [4.69, 9.17) is 9.47 Å². The Kier molecular flexibility index (Phi) is 5.95. The number of methoxy groups -OCH3 is 1. The van der Waals surface area contributed by atoms with Crippen LogP contribution < -0.4 is 20.1 Å². The summed E-state index contributed by atoms with van der Waals surface area (Å²) in [5, 5.41) is 7.20. The van der Waals surface area contributed by atoms with Crippen LogP contribution in [0, 0.1) is 6.92 Å². The minimum Gasteiger partial charge on any atom is -0.492 e. The summed E-state index contributed by atoms with van der Waals surface area (Å²) >= 11 is 0. The van der Waals surface area contributed by atoms with Crippen molar-refractivity contribution in [3.63, 3.8) is 0 Å². The molecule has 4 heterocycles. The minimum absolute atomic E-state index is 0.259. The van der Waals surface area contributed by atoms with Crippen LogP contribution in [0.1, 0.15) is 11.3 Å². The lowest BCUT2D eigenvalue weighted by atomic mass is 9.94. The van der Waals surface area contributed by atoms with E-state index in [9.17, 15) is 4.79 Å². The number of benzene rings is 2. The molecule has 0 fully saturated rings. The van der Waals surface area contributed by atoms with Crippen LogP contribution in [0.2, 0.25) is 0 Å². The summed E-state index contributed by atoms with van der Waals surface area (Å²) in [7, 11) is 3.63. The highest BCUT2D eigenvalue weighted by Crippen LogP contribution is 2.49. The van der Waals surface area contributed by atoms with Crippen molar-refractivity contribution in [3.8, 4) is 39.8 Å². The van der Waals surface area contributed by atoms with Gasteiger partial charge in [0, 0.05) is 42.2 Å². The fourth-order valence-electron chi connectivity index (χ4n) is 5.07. The molecule has 194 valence electrons. The van der Waals surface area contributed by atoms with Crippen LogP contribution in [0.3, 0.4) is 0 Å². The Morgan fingerprint density at radius 2 is 1.95 bits per heavy atom. The number of fused-ring (bicyclic) bond motifs is 2. The average molecular weight is 519 g/mol. The van der Waals surface area contributed by atoms with E-state index in [1.165, 1.54) is 6.08 Å². The molecule has 2 N–H and O–H groups in total. The molecule has 9 heteroatoms. The number of carbonyl (C=O) groups is 1. The topological polar surface area (TPSA) is 103 Å². The molecule has 1 aliphatic rings. The molecule has 0 radical (unpaired) electrons. The Hall–Kier alpha value is -5.18. The Balaban J connectivity index is 1.54. The van der Waals surface area contributed by atoms with E-state index < -0.39 is 0 Å². The molecule has 1 aliphatic heterocycles. The average Bonchev–Trinajstić information content (AvgIpc) is 3.14. The van der Waals surface area contributed by atoms with Gasteiger partial charge in [0.2, 0.25) is 11.8 Å². The number of rotatable bonds is 6. The molecule has 9 nitrogen and oxygen atoms in total. The summed E-state index contributed by atoms with van der Waals surface area (Å²) in [6, 6.07) is 17.3. The fourth-order valence-corrected chi connectivity index (χ4v) is 5.07. The Labute approximate surface area is 225 Å². The van der Waals surface area contributed by atoms with Gasteiger partial charge in [-0.25, -0.2) is 15.0 Å². The lowest BCUT2D eigenvalue weighted by molar-refractivity contribution is -0.111. The molecule has 0 spiro atoms. The van der Waals surface area contributed by atoms with Gasteiger partial charge in [-0.1, -0.05) is 24.8 Å². The van der Waals surface area contributed by atoms with E-state index in [0.717, 1.165) is 50.5 Å². The number of aryl methyl sites for hydroxylation is 2. The van der Waals surface area contributed by atoms with Gasteiger partial charge in [0.15, 0.2) is 11.5 Å². The molecule has 0 saturated carbocycles. The number of carbonyl (C=O) groups excluding carboxylic acids is 1. The number of ether oxygens (including phenoxy) is 2. The van der Waals surface area contributed by atoms with Crippen molar-refractivity contribution in [2.24, 2.45) is 7.05 Å². The molecule has 0 saturated heterocycles. The van der Waals surface area contributed by atoms with Crippen molar-refractivity contribution in [2.45, 2.75) is 13.5 Å². The molecule has 2 aromatic carbocycles. The monoisotopic (exact) mass is 518 g/mol. The number of aromatic nitrogens is 4. The molecule has 0 aliphatic carbocycles. The normalized spacial score (nSPS) is 11.8. The zero-order valence-corrected chi connectivity index (χ0v) is 21.8. The molecular formula is C30H26N6O3. The third-order valence-corrected chi connectivity index (χ3v) is 6.79. The van der Waals surface area contributed by atoms with Gasteiger partial charge in [-0.3, -0.25) is 4.79 Å². The van der Waals surface area contributed by atoms with Gasteiger partial charge < -0.3 is 24.7 Å². The number of nitrogens with zero attached hydrogens (tertiary/aromatic N) is 4. The van der Waals surface area contributed by atoms with Crippen LogP contribution in [-0.4, -0.2) is 32.5 Å². The molecule has 3 aromatic heterocycles. The van der Waals surface area contributed by atoms with Crippen molar-refractivity contribution in [1.82, 2.24) is 19.5 Å². The number of hydrogen-bond acceptors (Lipinski definition) is 7. The third kappa shape index (κ3) is 4.14. The summed E-state index contributed by atoms with van der Waals surface area (Å²) in [4.78, 5) is 25.4. The smallest absolute Gasteiger partial charge is 0.247 e. The van der Waals surface area contributed by atoms with E-state index in [0.29, 0.717) is 29.6 Å². The van der Waals surface area contributed by atoms with Crippen molar-refractivity contribution >= 4 is 28.4 Å². The van der Waals surface area contributed by atoms with Gasteiger partial charge in [-0.05, 0) is 54.5 Å². The molecule has 0 unspecified atom stereocenters. The first-order valence-electron chi connectivity index (χ1n) is 12.4. The highest BCUT2D eigenvalue weighted by molar-refractivity contribution is 6.10. The Morgan fingerprint density at radius 1 is 1.13 bits per heavy atom. The summed E-state index contributed by atoms with van der Waals surface area (Å²) in [5.74, 6) is 2.17. The highest BCUT2D eigenvalue weighted by Gasteiger charge is 2.29. The fraction of sp³-hybridized carbons (Fsp3) is 0.133. The lowest BCUT2D eigenvalue weighted by Gasteiger charge is -2.18. The van der Waals surface area contributed by atoms with Gasteiger partial charge in [-0.15, -0.1) is 0 Å². The number of anilines is 2. The molecular weight excluding hydrogens is 492 g/mol. The van der Waals surface area contributed by atoms with Crippen LogP contribution in [-0.2, 0) is 18.4 Å². The standard InChI is InChI=1S/C30H26N6O3/c1-5-23(37)35-19-11-9-18(10-12-19)27-25-20-13-14-22(39-24-8-6-7-17(2)34-24)28(38-4)21(20)15-31-29-26(25)30(36(27)3)33-16-32-29/h5-14,16H,1,15H2,2-4H3,(H,35,37)(H,31,32,33). The predicted octanol–water partition coefficient (Wildman–Crippen LogP) is 5.86. The maximum absolute atomic E-state index is 11.8. The molecule has 1 amide bonds. The molecule has 0 bridgehead atoms. The molecule has 0 atom stereocenters. The van der Waals surface area contributed by atoms with Gasteiger partial charge in [-0.2, -0.15) is 0 Å². The van der Waals surface area contributed by atoms with Gasteiger partial charge in [0.25, 0.3) is 0 Å². The highest BCUT2D eigenvalue weighted by atomic mass is 16.5. The quantitative estimate of drug-likeness (QED) is 0.272. The second-order valence-corrected chi connectivity index (χ2v) is 9.17. The molecule has 39 heavy (non-hydrogen) atoms. The van der Waals surface area contributed by atoms with E-state index in [-0.39, 0.29) is 5.91 Å². The molecule has 5 aromatic rings. The van der Waals surface area contributed by atoms with E-state index in [2.05, 4.69) is 36.7 Å². The second kappa shape index (κ2) is 9.60. The van der Waals surface area contributed by atoms with Crippen molar-refractivity contribution < 1.29 is 14.3 Å². The summed E-state index contributed by atoms with van der Waals surface area (Å²) in [5.41, 5.74) is 7.19. The van der Waals surface area contributed by atoms with Crippen LogP contribution in [0.4, 0.5) is 11.5 Å². The Bertz CT molecular complexity index is 1760.